The Morgan fingerprint density at radius 3 is 2.77 bits per heavy atom. The van der Waals surface area contributed by atoms with Crippen LogP contribution in [0.5, 0.6) is 0 Å². The van der Waals surface area contributed by atoms with Gasteiger partial charge in [0, 0.05) is 6.54 Å². The number of rotatable bonds is 4. The van der Waals surface area contributed by atoms with E-state index in [0.717, 1.165) is 13.1 Å². The molecule has 0 aliphatic carbocycles. The minimum atomic E-state index is 0.0162. The van der Waals surface area contributed by atoms with Crippen LogP contribution in [-0.4, -0.2) is 36.5 Å². The summed E-state index contributed by atoms with van der Waals surface area (Å²) in [5, 5.41) is 2.81. The van der Waals surface area contributed by atoms with Gasteiger partial charge in [-0.3, -0.25) is 9.69 Å². The normalized spacial score (nSPS) is 19.8. The van der Waals surface area contributed by atoms with Crippen molar-refractivity contribution in [1.29, 1.82) is 0 Å². The van der Waals surface area contributed by atoms with Gasteiger partial charge in [-0.1, -0.05) is 6.08 Å². The highest BCUT2D eigenvalue weighted by atomic mass is 16.2. The number of hydrogen-bond donors (Lipinski definition) is 1. The fourth-order valence-electron chi connectivity index (χ4n) is 1.62. The quantitative estimate of drug-likeness (QED) is 0.651. The summed E-state index contributed by atoms with van der Waals surface area (Å²) in [4.78, 5) is 13.7. The first kappa shape index (κ1) is 10.3. The van der Waals surface area contributed by atoms with Crippen molar-refractivity contribution in [2.45, 2.75) is 25.8 Å². The molecule has 0 aromatic carbocycles. The molecular formula is C10H18N2O. The van der Waals surface area contributed by atoms with Crippen molar-refractivity contribution in [3.8, 4) is 0 Å². The first-order chi connectivity index (χ1) is 6.25. The van der Waals surface area contributed by atoms with Crippen LogP contribution < -0.4 is 5.32 Å². The summed E-state index contributed by atoms with van der Waals surface area (Å²) in [6, 6.07) is 0.0162. The van der Waals surface area contributed by atoms with E-state index in [4.69, 9.17) is 0 Å². The average molecular weight is 182 g/mol. The zero-order chi connectivity index (χ0) is 9.68. The summed E-state index contributed by atoms with van der Waals surface area (Å²) in [6.07, 6.45) is 4.15. The van der Waals surface area contributed by atoms with Crippen LogP contribution in [0.25, 0.3) is 0 Å². The molecule has 3 nitrogen and oxygen atoms in total. The summed E-state index contributed by atoms with van der Waals surface area (Å²) < 4.78 is 0. The first-order valence-electron chi connectivity index (χ1n) is 4.88. The maximum absolute atomic E-state index is 11.5. The van der Waals surface area contributed by atoms with E-state index >= 15 is 0 Å². The van der Waals surface area contributed by atoms with Crippen molar-refractivity contribution in [2.24, 2.45) is 0 Å². The Hall–Kier alpha value is -0.830. The van der Waals surface area contributed by atoms with E-state index in [-0.39, 0.29) is 11.9 Å². The second kappa shape index (κ2) is 5.02. The van der Waals surface area contributed by atoms with Crippen molar-refractivity contribution in [3.63, 3.8) is 0 Å². The monoisotopic (exact) mass is 182 g/mol. The molecular weight excluding hydrogens is 164 g/mol. The van der Waals surface area contributed by atoms with E-state index in [1.807, 2.05) is 6.92 Å². The second-order valence-corrected chi connectivity index (χ2v) is 3.45. The van der Waals surface area contributed by atoms with Crippen molar-refractivity contribution >= 4 is 5.91 Å². The molecule has 1 aliphatic rings. The maximum Gasteiger partial charge on any atom is 0.237 e. The van der Waals surface area contributed by atoms with Crippen LogP contribution in [0, 0.1) is 0 Å². The molecule has 74 valence electrons. The Labute approximate surface area is 79.8 Å². The minimum Gasteiger partial charge on any atom is -0.351 e. The third-order valence-corrected chi connectivity index (χ3v) is 2.49. The van der Waals surface area contributed by atoms with Gasteiger partial charge in [-0.15, -0.1) is 6.58 Å². The van der Waals surface area contributed by atoms with Gasteiger partial charge in [0.2, 0.25) is 5.91 Å². The predicted octanol–water partition coefficient (Wildman–Crippen LogP) is 0.773. The molecule has 13 heavy (non-hydrogen) atoms. The van der Waals surface area contributed by atoms with Crippen LogP contribution in [0.2, 0.25) is 0 Å². The van der Waals surface area contributed by atoms with Crippen LogP contribution in [0.1, 0.15) is 19.8 Å². The first-order valence-corrected chi connectivity index (χ1v) is 4.88. The van der Waals surface area contributed by atoms with E-state index in [1.165, 1.54) is 12.8 Å². The number of likely N-dealkylation sites (tertiary alicyclic amines) is 1. The lowest BCUT2D eigenvalue weighted by Crippen LogP contribution is -2.43. The Morgan fingerprint density at radius 2 is 2.23 bits per heavy atom. The third kappa shape index (κ3) is 2.84. The SMILES string of the molecule is C=CCNC(=O)[C@H](C)N1CCCC1. The largest absolute Gasteiger partial charge is 0.351 e. The molecule has 0 spiro atoms. The number of nitrogens with one attached hydrogen (secondary N) is 1. The lowest BCUT2D eigenvalue weighted by atomic mass is 10.3. The Bertz CT molecular complexity index is 185. The smallest absolute Gasteiger partial charge is 0.237 e. The molecule has 0 saturated carbocycles. The van der Waals surface area contributed by atoms with Crippen LogP contribution in [0.15, 0.2) is 12.7 Å². The molecule has 1 atom stereocenters. The lowest BCUT2D eigenvalue weighted by molar-refractivity contribution is -0.125. The molecule has 1 fully saturated rings. The zero-order valence-electron chi connectivity index (χ0n) is 8.25. The number of amides is 1. The molecule has 1 N–H and O–H groups in total. The topological polar surface area (TPSA) is 32.3 Å². The van der Waals surface area contributed by atoms with Gasteiger partial charge in [-0.25, -0.2) is 0 Å². The van der Waals surface area contributed by atoms with Gasteiger partial charge < -0.3 is 5.32 Å². The Kier molecular flexibility index (Phi) is 3.96. The molecule has 0 bridgehead atoms. The van der Waals surface area contributed by atoms with E-state index in [1.54, 1.807) is 6.08 Å². The summed E-state index contributed by atoms with van der Waals surface area (Å²) in [5.74, 6) is 0.113. The van der Waals surface area contributed by atoms with Crippen molar-refractivity contribution < 1.29 is 4.79 Å². The molecule has 1 rings (SSSR count). The van der Waals surface area contributed by atoms with Gasteiger partial charge in [-0.2, -0.15) is 0 Å². The van der Waals surface area contributed by atoms with Crippen molar-refractivity contribution in [1.82, 2.24) is 10.2 Å². The third-order valence-electron chi connectivity index (χ3n) is 2.49. The van der Waals surface area contributed by atoms with Gasteiger partial charge in [0.15, 0.2) is 0 Å². The lowest BCUT2D eigenvalue weighted by Gasteiger charge is -2.22. The molecule has 0 unspecified atom stereocenters. The number of carbonyl (C=O) groups excluding carboxylic acids is 1. The van der Waals surface area contributed by atoms with Gasteiger partial charge in [0.1, 0.15) is 0 Å². The van der Waals surface area contributed by atoms with Crippen LogP contribution in [-0.2, 0) is 4.79 Å². The summed E-state index contributed by atoms with van der Waals surface area (Å²) in [5.41, 5.74) is 0. The van der Waals surface area contributed by atoms with E-state index in [9.17, 15) is 4.79 Å². The van der Waals surface area contributed by atoms with Crippen LogP contribution >= 0.6 is 0 Å². The van der Waals surface area contributed by atoms with Crippen LogP contribution in [0.4, 0.5) is 0 Å². The van der Waals surface area contributed by atoms with Gasteiger partial charge >= 0.3 is 0 Å². The minimum absolute atomic E-state index is 0.0162. The van der Waals surface area contributed by atoms with Gasteiger partial charge in [0.05, 0.1) is 6.04 Å². The summed E-state index contributed by atoms with van der Waals surface area (Å²) >= 11 is 0. The van der Waals surface area contributed by atoms with Gasteiger partial charge in [-0.05, 0) is 32.9 Å². The molecule has 1 heterocycles. The molecule has 1 aliphatic heterocycles. The number of nitrogens with zero attached hydrogens (tertiary/aromatic N) is 1. The fourth-order valence-corrected chi connectivity index (χ4v) is 1.62. The molecule has 3 heteroatoms. The number of carbonyl (C=O) groups is 1. The molecule has 0 radical (unpaired) electrons. The van der Waals surface area contributed by atoms with Gasteiger partial charge in [0.25, 0.3) is 0 Å². The number of hydrogen-bond acceptors (Lipinski definition) is 2. The average Bonchev–Trinajstić information content (AvgIpc) is 2.65. The summed E-state index contributed by atoms with van der Waals surface area (Å²) in [6.45, 7) is 8.21. The molecule has 0 aromatic rings. The fraction of sp³-hybridized carbons (Fsp3) is 0.700. The molecule has 1 saturated heterocycles. The standard InChI is InChI=1S/C10H18N2O/c1-3-6-11-10(13)9(2)12-7-4-5-8-12/h3,9H,1,4-8H2,2H3,(H,11,13)/t9-/m0/s1. The van der Waals surface area contributed by atoms with E-state index in [2.05, 4.69) is 16.8 Å². The highest BCUT2D eigenvalue weighted by Crippen LogP contribution is 2.11. The predicted molar refractivity (Wildman–Crippen MR) is 53.5 cm³/mol. The maximum atomic E-state index is 11.5. The Balaban J connectivity index is 2.31. The summed E-state index contributed by atoms with van der Waals surface area (Å²) in [7, 11) is 0. The van der Waals surface area contributed by atoms with Crippen molar-refractivity contribution in [2.75, 3.05) is 19.6 Å². The highest BCUT2D eigenvalue weighted by Gasteiger charge is 2.22. The van der Waals surface area contributed by atoms with E-state index in [0.29, 0.717) is 6.54 Å². The highest BCUT2D eigenvalue weighted by molar-refractivity contribution is 5.81. The van der Waals surface area contributed by atoms with E-state index < -0.39 is 0 Å². The molecule has 1 amide bonds. The molecule has 0 aromatic heterocycles. The second-order valence-electron chi connectivity index (χ2n) is 3.45. The Morgan fingerprint density at radius 1 is 1.62 bits per heavy atom. The zero-order valence-corrected chi connectivity index (χ0v) is 8.25. The van der Waals surface area contributed by atoms with Crippen molar-refractivity contribution in [3.05, 3.63) is 12.7 Å². The van der Waals surface area contributed by atoms with Crippen LogP contribution in [0.3, 0.4) is 0 Å².